The van der Waals surface area contributed by atoms with Crippen LogP contribution in [-0.2, 0) is 19.4 Å². The van der Waals surface area contributed by atoms with Crippen molar-refractivity contribution in [3.8, 4) is 5.95 Å². The lowest BCUT2D eigenvalue weighted by Gasteiger charge is -2.06. The summed E-state index contributed by atoms with van der Waals surface area (Å²) in [5.41, 5.74) is 3.33. The minimum absolute atomic E-state index is 0.654. The van der Waals surface area contributed by atoms with Crippen LogP contribution in [-0.4, -0.2) is 26.3 Å². The molecule has 1 N–H and O–H groups in total. The summed E-state index contributed by atoms with van der Waals surface area (Å²) < 4.78 is 1.85. The van der Waals surface area contributed by atoms with Crippen LogP contribution in [0, 0.1) is 0 Å². The summed E-state index contributed by atoms with van der Waals surface area (Å²) in [5, 5.41) is 7.89. The highest BCUT2D eigenvalue weighted by molar-refractivity contribution is 5.21. The average Bonchev–Trinajstić information content (AvgIpc) is 2.91. The molecule has 0 aliphatic rings. The van der Waals surface area contributed by atoms with Crippen molar-refractivity contribution in [2.45, 2.75) is 46.6 Å². The normalized spacial score (nSPS) is 10.9. The fourth-order valence-corrected chi connectivity index (χ4v) is 2.03. The Bertz CT molecular complexity index is 530. The largest absolute Gasteiger partial charge is 0.313 e. The number of rotatable bonds is 7. The Balaban J connectivity index is 2.14. The van der Waals surface area contributed by atoms with Gasteiger partial charge < -0.3 is 5.32 Å². The molecule has 2 heterocycles. The maximum Gasteiger partial charge on any atom is 0.250 e. The van der Waals surface area contributed by atoms with Crippen LogP contribution in [0.5, 0.6) is 0 Å². The molecule has 0 unspecified atom stereocenters. The Morgan fingerprint density at radius 1 is 1.10 bits per heavy atom. The molecule has 0 fully saturated rings. The second-order valence-corrected chi connectivity index (χ2v) is 4.81. The van der Waals surface area contributed by atoms with E-state index in [9.17, 15) is 0 Å². The van der Waals surface area contributed by atoms with Crippen LogP contribution in [0.4, 0.5) is 0 Å². The van der Waals surface area contributed by atoms with E-state index in [0.29, 0.717) is 5.95 Å². The van der Waals surface area contributed by atoms with E-state index >= 15 is 0 Å². The molecule has 0 saturated heterocycles. The van der Waals surface area contributed by atoms with Gasteiger partial charge in [-0.05, 0) is 31.9 Å². The van der Waals surface area contributed by atoms with Gasteiger partial charge in [0.25, 0.3) is 5.95 Å². The third kappa shape index (κ3) is 3.42. The van der Waals surface area contributed by atoms with Gasteiger partial charge in [-0.1, -0.05) is 20.8 Å². The quantitative estimate of drug-likeness (QED) is 0.786. The smallest absolute Gasteiger partial charge is 0.250 e. The number of hydrogen-bond donors (Lipinski definition) is 1. The molecule has 108 valence electrons. The molecule has 2 rings (SSSR count). The molecule has 0 aromatic carbocycles. The Morgan fingerprint density at radius 2 is 1.85 bits per heavy atom. The van der Waals surface area contributed by atoms with Crippen molar-refractivity contribution < 1.29 is 0 Å². The van der Waals surface area contributed by atoms with Gasteiger partial charge in [-0.25, -0.2) is 14.6 Å². The van der Waals surface area contributed by atoms with E-state index in [1.165, 1.54) is 0 Å². The first-order valence-electron chi connectivity index (χ1n) is 7.38. The minimum Gasteiger partial charge on any atom is -0.313 e. The zero-order valence-corrected chi connectivity index (χ0v) is 12.6. The van der Waals surface area contributed by atoms with Crippen LogP contribution in [0.3, 0.4) is 0 Å². The fraction of sp³-hybridized carbons (Fsp3) is 0.533. The van der Waals surface area contributed by atoms with Gasteiger partial charge in [0, 0.05) is 30.2 Å². The summed E-state index contributed by atoms with van der Waals surface area (Å²) in [4.78, 5) is 8.87. The first kappa shape index (κ1) is 14.7. The van der Waals surface area contributed by atoms with Crippen LogP contribution in [0.1, 0.15) is 44.1 Å². The van der Waals surface area contributed by atoms with E-state index in [1.54, 1.807) is 0 Å². The van der Waals surface area contributed by atoms with Crippen LogP contribution >= 0.6 is 0 Å². The summed E-state index contributed by atoms with van der Waals surface area (Å²) >= 11 is 0. The average molecular weight is 273 g/mol. The van der Waals surface area contributed by atoms with Crippen molar-refractivity contribution in [1.82, 2.24) is 25.1 Å². The van der Waals surface area contributed by atoms with Gasteiger partial charge in [-0.3, -0.25) is 0 Å². The predicted molar refractivity (Wildman–Crippen MR) is 79.9 cm³/mol. The highest BCUT2D eigenvalue weighted by Crippen LogP contribution is 2.10. The zero-order chi connectivity index (χ0) is 14.4. The van der Waals surface area contributed by atoms with Gasteiger partial charge in [-0.2, -0.15) is 5.10 Å². The predicted octanol–water partition coefficient (Wildman–Crippen LogP) is 2.29. The third-order valence-corrected chi connectivity index (χ3v) is 3.20. The molecule has 0 aliphatic heterocycles. The Labute approximate surface area is 120 Å². The molecule has 0 amide bonds. The summed E-state index contributed by atoms with van der Waals surface area (Å²) in [6, 6.07) is 2.13. The van der Waals surface area contributed by atoms with Gasteiger partial charge >= 0.3 is 0 Å². The zero-order valence-electron chi connectivity index (χ0n) is 12.6. The number of nitrogens with zero attached hydrogens (tertiary/aromatic N) is 4. The van der Waals surface area contributed by atoms with Crippen LogP contribution in [0.2, 0.25) is 0 Å². The maximum absolute atomic E-state index is 4.55. The van der Waals surface area contributed by atoms with E-state index in [0.717, 1.165) is 49.3 Å². The molecular formula is C15H23N5. The third-order valence-electron chi connectivity index (χ3n) is 3.20. The molecule has 0 spiro atoms. The second kappa shape index (κ2) is 7.14. The van der Waals surface area contributed by atoms with Gasteiger partial charge in [0.05, 0.1) is 5.69 Å². The van der Waals surface area contributed by atoms with Crippen molar-refractivity contribution >= 4 is 0 Å². The van der Waals surface area contributed by atoms with Crippen molar-refractivity contribution in [2.24, 2.45) is 0 Å². The molecule has 0 aliphatic carbocycles. The molecule has 5 heteroatoms. The number of hydrogen-bond acceptors (Lipinski definition) is 4. The molecular weight excluding hydrogens is 250 g/mol. The Morgan fingerprint density at radius 3 is 2.45 bits per heavy atom. The van der Waals surface area contributed by atoms with Crippen LogP contribution < -0.4 is 5.32 Å². The lowest BCUT2D eigenvalue weighted by molar-refractivity contribution is 0.668. The van der Waals surface area contributed by atoms with Gasteiger partial charge in [0.1, 0.15) is 0 Å². The molecule has 2 aromatic heterocycles. The lowest BCUT2D eigenvalue weighted by Crippen LogP contribution is -2.15. The molecule has 2 aromatic rings. The standard InChI is InChI=1S/C15H23N5/c1-4-7-16-9-12-10-17-15(18-11-12)20-14(6-3)8-13(5-2)19-20/h8,10-11,16H,4-7,9H2,1-3H3. The van der Waals surface area contributed by atoms with Crippen molar-refractivity contribution in [1.29, 1.82) is 0 Å². The fourth-order valence-electron chi connectivity index (χ4n) is 2.03. The summed E-state index contributed by atoms with van der Waals surface area (Å²) in [5.74, 6) is 0.654. The molecule has 0 atom stereocenters. The van der Waals surface area contributed by atoms with Crippen molar-refractivity contribution in [3.63, 3.8) is 0 Å². The van der Waals surface area contributed by atoms with Gasteiger partial charge in [0.2, 0.25) is 0 Å². The second-order valence-electron chi connectivity index (χ2n) is 4.81. The van der Waals surface area contributed by atoms with E-state index in [2.05, 4.69) is 47.2 Å². The molecule has 5 nitrogen and oxygen atoms in total. The highest BCUT2D eigenvalue weighted by Gasteiger charge is 2.09. The first-order chi connectivity index (χ1) is 9.78. The summed E-state index contributed by atoms with van der Waals surface area (Å²) in [6.45, 7) is 8.21. The van der Waals surface area contributed by atoms with E-state index in [4.69, 9.17) is 0 Å². The number of nitrogens with one attached hydrogen (secondary N) is 1. The molecule has 0 saturated carbocycles. The Kier molecular flexibility index (Phi) is 5.24. The molecule has 0 radical (unpaired) electrons. The lowest BCUT2D eigenvalue weighted by atomic mass is 10.3. The van der Waals surface area contributed by atoms with Crippen molar-refractivity contribution in [2.75, 3.05) is 6.54 Å². The maximum atomic E-state index is 4.55. The number of aryl methyl sites for hydroxylation is 2. The van der Waals surface area contributed by atoms with Gasteiger partial charge in [-0.15, -0.1) is 0 Å². The van der Waals surface area contributed by atoms with Crippen LogP contribution in [0.15, 0.2) is 18.5 Å². The summed E-state index contributed by atoms with van der Waals surface area (Å²) in [7, 11) is 0. The Hall–Kier alpha value is -1.75. The van der Waals surface area contributed by atoms with Crippen molar-refractivity contribution in [3.05, 3.63) is 35.4 Å². The van der Waals surface area contributed by atoms with E-state index in [-0.39, 0.29) is 0 Å². The van der Waals surface area contributed by atoms with E-state index in [1.807, 2.05) is 17.1 Å². The SMILES string of the molecule is CCCNCc1cnc(-n2nc(CC)cc2CC)nc1. The topological polar surface area (TPSA) is 55.6 Å². The van der Waals surface area contributed by atoms with Crippen LogP contribution in [0.25, 0.3) is 5.95 Å². The molecule has 20 heavy (non-hydrogen) atoms. The van der Waals surface area contributed by atoms with E-state index < -0.39 is 0 Å². The van der Waals surface area contributed by atoms with Gasteiger partial charge in [0.15, 0.2) is 0 Å². The minimum atomic E-state index is 0.654. The number of aromatic nitrogens is 4. The summed E-state index contributed by atoms with van der Waals surface area (Å²) in [6.07, 6.45) is 6.73. The highest BCUT2D eigenvalue weighted by atomic mass is 15.4. The first-order valence-corrected chi connectivity index (χ1v) is 7.38. The molecule has 0 bridgehead atoms. The monoisotopic (exact) mass is 273 g/mol.